The monoisotopic (exact) mass is 301 g/mol. The van der Waals surface area contributed by atoms with Gasteiger partial charge in [-0.15, -0.1) is 11.8 Å². The number of aromatic nitrogens is 1. The molecule has 0 aliphatic rings. The first kappa shape index (κ1) is 11.2. The molecule has 0 aliphatic heterocycles. The lowest BCUT2D eigenvalue weighted by molar-refractivity contribution is 1.16. The van der Waals surface area contributed by atoms with Crippen LogP contribution in [0, 0.1) is 0 Å². The first-order valence-corrected chi connectivity index (χ1v) is 6.75. The van der Waals surface area contributed by atoms with Gasteiger partial charge in [0.1, 0.15) is 5.03 Å². The van der Waals surface area contributed by atoms with E-state index in [1.54, 1.807) is 11.8 Å². The summed E-state index contributed by atoms with van der Waals surface area (Å²) < 4.78 is 1.03. The van der Waals surface area contributed by atoms with E-state index in [2.05, 4.69) is 33.9 Å². The Kier molecular flexibility index (Phi) is 3.54. The van der Waals surface area contributed by atoms with Crippen molar-refractivity contribution in [2.24, 2.45) is 0 Å². The minimum Gasteiger partial charge on any atom is -0.240 e. The second-order valence-corrected chi connectivity index (χ2v) is 5.59. The van der Waals surface area contributed by atoms with Crippen molar-refractivity contribution in [2.75, 3.05) is 5.75 Å². The van der Waals surface area contributed by atoms with Gasteiger partial charge >= 0.3 is 0 Å². The van der Waals surface area contributed by atoms with Crippen LogP contribution in [-0.2, 0) is 0 Å². The van der Waals surface area contributed by atoms with E-state index in [0.29, 0.717) is 0 Å². The highest BCUT2D eigenvalue weighted by Gasteiger charge is 2.04. The van der Waals surface area contributed by atoms with Crippen molar-refractivity contribution in [3.63, 3.8) is 0 Å². The Hall–Kier alpha value is -0.250. The number of fused-ring (bicyclic) bond motifs is 1. The highest BCUT2D eigenvalue weighted by Crippen LogP contribution is 2.29. The summed E-state index contributed by atoms with van der Waals surface area (Å²) in [6.45, 7) is 2.12. The van der Waals surface area contributed by atoms with Gasteiger partial charge in [-0.2, -0.15) is 0 Å². The molecule has 1 aromatic heterocycles. The minimum absolute atomic E-state index is 0.743. The molecular weight excluding hydrogens is 294 g/mol. The molecule has 0 N–H and O–H groups in total. The van der Waals surface area contributed by atoms with E-state index in [0.717, 1.165) is 31.2 Å². The fourth-order valence-electron chi connectivity index (χ4n) is 1.34. The maximum Gasteiger partial charge on any atom is 0.111 e. The molecule has 0 aliphatic carbocycles. The van der Waals surface area contributed by atoms with Gasteiger partial charge in [0, 0.05) is 10.4 Å². The topological polar surface area (TPSA) is 12.9 Å². The van der Waals surface area contributed by atoms with E-state index >= 15 is 0 Å². The maximum absolute atomic E-state index is 5.92. The highest BCUT2D eigenvalue weighted by molar-refractivity contribution is 9.10. The zero-order valence-electron chi connectivity index (χ0n) is 8.13. The number of hydrogen-bond donors (Lipinski definition) is 0. The number of halogens is 2. The molecule has 0 saturated heterocycles. The van der Waals surface area contributed by atoms with Crippen molar-refractivity contribution >= 4 is 50.2 Å². The van der Waals surface area contributed by atoms with E-state index in [4.69, 9.17) is 11.6 Å². The van der Waals surface area contributed by atoms with E-state index in [-0.39, 0.29) is 0 Å². The van der Waals surface area contributed by atoms with Crippen LogP contribution in [0.5, 0.6) is 0 Å². The van der Waals surface area contributed by atoms with Gasteiger partial charge in [0.25, 0.3) is 0 Å². The maximum atomic E-state index is 5.92. The summed E-state index contributed by atoms with van der Waals surface area (Å²) in [6, 6.07) is 7.80. The van der Waals surface area contributed by atoms with Crippen LogP contribution in [0.3, 0.4) is 0 Å². The Morgan fingerprint density at radius 3 is 2.93 bits per heavy atom. The number of thioether (sulfide) groups is 1. The van der Waals surface area contributed by atoms with Gasteiger partial charge in [0.15, 0.2) is 0 Å². The van der Waals surface area contributed by atoms with E-state index < -0.39 is 0 Å². The lowest BCUT2D eigenvalue weighted by Crippen LogP contribution is -1.85. The predicted octanol–water partition coefficient (Wildman–Crippen LogP) is 4.76. The van der Waals surface area contributed by atoms with Gasteiger partial charge < -0.3 is 0 Å². The fraction of sp³-hybridized carbons (Fsp3) is 0.182. The molecule has 0 atom stereocenters. The minimum atomic E-state index is 0.743. The molecule has 1 aromatic carbocycles. The molecule has 4 heteroatoms. The molecule has 0 radical (unpaired) electrons. The molecule has 0 unspecified atom stereocenters. The van der Waals surface area contributed by atoms with Gasteiger partial charge in [-0.25, -0.2) is 4.98 Å². The molecular formula is C11H9BrClNS. The smallest absolute Gasteiger partial charge is 0.111 e. The average molecular weight is 303 g/mol. The molecule has 0 spiro atoms. The van der Waals surface area contributed by atoms with Crippen molar-refractivity contribution in [3.05, 3.63) is 33.8 Å². The summed E-state index contributed by atoms with van der Waals surface area (Å²) in [5.74, 6) is 1.02. The molecule has 1 heterocycles. The first-order chi connectivity index (χ1) is 7.20. The Morgan fingerprint density at radius 2 is 2.20 bits per heavy atom. The summed E-state index contributed by atoms with van der Waals surface area (Å²) >= 11 is 11.2. The van der Waals surface area contributed by atoms with E-state index in [1.165, 1.54) is 0 Å². The third-order valence-corrected chi connectivity index (χ3v) is 3.95. The Balaban J connectivity index is 2.60. The number of hydrogen-bond acceptors (Lipinski definition) is 2. The van der Waals surface area contributed by atoms with E-state index in [1.807, 2.05) is 18.2 Å². The average Bonchev–Trinajstić information content (AvgIpc) is 2.20. The largest absolute Gasteiger partial charge is 0.240 e. The molecule has 0 amide bonds. The summed E-state index contributed by atoms with van der Waals surface area (Å²) in [4.78, 5) is 4.56. The van der Waals surface area contributed by atoms with Crippen molar-refractivity contribution in [1.29, 1.82) is 0 Å². The molecule has 2 aromatic rings. The number of rotatable bonds is 2. The number of benzene rings is 1. The molecule has 2 rings (SSSR count). The normalized spacial score (nSPS) is 10.9. The third kappa shape index (κ3) is 2.47. The van der Waals surface area contributed by atoms with Crippen LogP contribution in [0.2, 0.25) is 5.02 Å². The quantitative estimate of drug-likeness (QED) is 0.742. The standard InChI is InChI=1S/C11H9BrClNS/c1-2-15-11-9(12)6-7-5-8(13)3-4-10(7)14-11/h3-6H,2H2,1H3. The van der Waals surface area contributed by atoms with Crippen molar-refractivity contribution in [2.45, 2.75) is 11.9 Å². The molecule has 1 nitrogen and oxygen atoms in total. The van der Waals surface area contributed by atoms with Crippen LogP contribution in [0.25, 0.3) is 10.9 Å². The molecule has 78 valence electrons. The SMILES string of the molecule is CCSc1nc2ccc(Cl)cc2cc1Br. The lowest BCUT2D eigenvalue weighted by atomic mass is 10.2. The second-order valence-electron chi connectivity index (χ2n) is 3.05. The van der Waals surface area contributed by atoms with Crippen LogP contribution in [0.4, 0.5) is 0 Å². The lowest BCUT2D eigenvalue weighted by Gasteiger charge is -2.04. The van der Waals surface area contributed by atoms with Crippen LogP contribution in [0.15, 0.2) is 33.8 Å². The molecule has 15 heavy (non-hydrogen) atoms. The van der Waals surface area contributed by atoms with Gasteiger partial charge in [-0.3, -0.25) is 0 Å². The Bertz CT molecular complexity index is 501. The Labute approximate surface area is 106 Å². The van der Waals surface area contributed by atoms with E-state index in [9.17, 15) is 0 Å². The summed E-state index contributed by atoms with van der Waals surface area (Å²) in [7, 11) is 0. The van der Waals surface area contributed by atoms with Gasteiger partial charge in [-0.1, -0.05) is 18.5 Å². The van der Waals surface area contributed by atoms with Crippen LogP contribution in [-0.4, -0.2) is 10.7 Å². The van der Waals surface area contributed by atoms with Crippen molar-refractivity contribution in [1.82, 2.24) is 4.98 Å². The predicted molar refractivity (Wildman–Crippen MR) is 70.9 cm³/mol. The summed E-state index contributed by atoms with van der Waals surface area (Å²) in [6.07, 6.45) is 0. The van der Waals surface area contributed by atoms with Gasteiger partial charge in [0.2, 0.25) is 0 Å². The molecule has 0 bridgehead atoms. The zero-order chi connectivity index (χ0) is 10.8. The van der Waals surface area contributed by atoms with Crippen LogP contribution >= 0.6 is 39.3 Å². The summed E-state index contributed by atoms with van der Waals surface area (Å²) in [5.41, 5.74) is 0.985. The number of pyridine rings is 1. The summed E-state index contributed by atoms with van der Waals surface area (Å²) in [5, 5.41) is 2.84. The van der Waals surface area contributed by atoms with Gasteiger partial charge in [0.05, 0.1) is 9.99 Å². The first-order valence-electron chi connectivity index (χ1n) is 4.59. The Morgan fingerprint density at radius 1 is 1.40 bits per heavy atom. The van der Waals surface area contributed by atoms with Crippen LogP contribution in [0.1, 0.15) is 6.92 Å². The second kappa shape index (κ2) is 4.73. The van der Waals surface area contributed by atoms with Crippen molar-refractivity contribution in [3.8, 4) is 0 Å². The molecule has 0 saturated carbocycles. The molecule has 0 fully saturated rings. The van der Waals surface area contributed by atoms with Crippen LogP contribution < -0.4 is 0 Å². The fourth-order valence-corrected chi connectivity index (χ4v) is 2.83. The number of nitrogens with zero attached hydrogens (tertiary/aromatic N) is 1. The highest BCUT2D eigenvalue weighted by atomic mass is 79.9. The third-order valence-electron chi connectivity index (χ3n) is 1.98. The van der Waals surface area contributed by atoms with Gasteiger partial charge in [-0.05, 0) is 45.9 Å². The zero-order valence-corrected chi connectivity index (χ0v) is 11.3. The van der Waals surface area contributed by atoms with Crippen molar-refractivity contribution < 1.29 is 0 Å².